The summed E-state index contributed by atoms with van der Waals surface area (Å²) in [5.74, 6) is 1.66. The molecule has 0 radical (unpaired) electrons. The molecule has 1 fully saturated rings. The first-order valence-corrected chi connectivity index (χ1v) is 13.1. The average molecular weight is 489 g/mol. The number of rotatable bonds is 9. The number of carbonyl (C=O) groups excluding carboxylic acids is 2. The zero-order valence-electron chi connectivity index (χ0n) is 19.7. The minimum absolute atomic E-state index is 0.00509. The van der Waals surface area contributed by atoms with Crippen molar-refractivity contribution in [1.82, 2.24) is 9.80 Å². The summed E-state index contributed by atoms with van der Waals surface area (Å²) in [6.07, 6.45) is 3.63. The van der Waals surface area contributed by atoms with Crippen molar-refractivity contribution in [1.29, 1.82) is 0 Å². The molecule has 1 aromatic heterocycles. The molecule has 1 aliphatic heterocycles. The second-order valence-electron chi connectivity index (χ2n) is 9.69. The highest BCUT2D eigenvalue weighted by molar-refractivity contribution is 7.10. The summed E-state index contributed by atoms with van der Waals surface area (Å²) in [6.45, 7) is 7.91. The molecule has 0 N–H and O–H groups in total. The minimum atomic E-state index is -0.161. The van der Waals surface area contributed by atoms with Gasteiger partial charge in [-0.1, -0.05) is 25.4 Å². The molecule has 178 valence electrons. The van der Waals surface area contributed by atoms with E-state index in [4.69, 9.17) is 16.3 Å². The van der Waals surface area contributed by atoms with Crippen molar-refractivity contribution >= 4 is 34.8 Å². The second-order valence-corrected chi connectivity index (χ2v) is 11.1. The van der Waals surface area contributed by atoms with Crippen molar-refractivity contribution in [2.45, 2.75) is 52.5 Å². The van der Waals surface area contributed by atoms with Crippen LogP contribution in [0, 0.1) is 18.8 Å². The molecule has 0 bridgehead atoms. The van der Waals surface area contributed by atoms with Gasteiger partial charge in [0.1, 0.15) is 12.4 Å². The number of hydrogen-bond donors (Lipinski definition) is 0. The summed E-state index contributed by atoms with van der Waals surface area (Å²) in [5, 5.41) is 2.79. The Hall–Kier alpha value is -2.05. The largest absolute Gasteiger partial charge is 0.491 e. The summed E-state index contributed by atoms with van der Waals surface area (Å²) in [4.78, 5) is 31.4. The van der Waals surface area contributed by atoms with Gasteiger partial charge in [-0.3, -0.25) is 9.59 Å². The van der Waals surface area contributed by atoms with E-state index in [1.165, 1.54) is 4.88 Å². The van der Waals surface area contributed by atoms with Crippen molar-refractivity contribution in [2.24, 2.45) is 11.8 Å². The highest BCUT2D eigenvalue weighted by atomic mass is 35.5. The molecule has 0 saturated heterocycles. The number of halogens is 1. The smallest absolute Gasteiger partial charge is 0.242 e. The molecule has 0 spiro atoms. The van der Waals surface area contributed by atoms with Crippen LogP contribution in [0.5, 0.6) is 5.75 Å². The van der Waals surface area contributed by atoms with Gasteiger partial charge in [-0.25, -0.2) is 0 Å². The molecule has 33 heavy (non-hydrogen) atoms. The predicted octanol–water partition coefficient (Wildman–Crippen LogP) is 5.50. The average Bonchev–Trinajstić information content (AvgIpc) is 3.45. The van der Waals surface area contributed by atoms with Crippen molar-refractivity contribution < 1.29 is 14.3 Å². The van der Waals surface area contributed by atoms with Gasteiger partial charge in [0, 0.05) is 29.4 Å². The summed E-state index contributed by atoms with van der Waals surface area (Å²) >= 11 is 7.89. The number of amides is 2. The van der Waals surface area contributed by atoms with Crippen LogP contribution >= 0.6 is 22.9 Å². The van der Waals surface area contributed by atoms with Gasteiger partial charge >= 0.3 is 0 Å². The maximum Gasteiger partial charge on any atom is 0.242 e. The molecule has 1 unspecified atom stereocenters. The zero-order chi connectivity index (χ0) is 23.5. The number of benzene rings is 1. The maximum absolute atomic E-state index is 13.5. The Morgan fingerprint density at radius 1 is 1.27 bits per heavy atom. The molecular formula is C26H33ClN2O3S. The molecule has 7 heteroatoms. The summed E-state index contributed by atoms with van der Waals surface area (Å²) in [5.41, 5.74) is 2.12. The van der Waals surface area contributed by atoms with E-state index >= 15 is 0 Å². The summed E-state index contributed by atoms with van der Waals surface area (Å²) in [6, 6.07) is 7.56. The first-order chi connectivity index (χ1) is 15.8. The topological polar surface area (TPSA) is 49.9 Å². The third-order valence-electron chi connectivity index (χ3n) is 6.39. The lowest BCUT2D eigenvalue weighted by atomic mass is 10.00. The fourth-order valence-electron chi connectivity index (χ4n) is 4.36. The van der Waals surface area contributed by atoms with Gasteiger partial charge < -0.3 is 14.5 Å². The molecule has 1 atom stereocenters. The van der Waals surface area contributed by atoms with Crippen LogP contribution in [0.3, 0.4) is 0 Å². The third-order valence-corrected chi connectivity index (χ3v) is 7.81. The highest BCUT2D eigenvalue weighted by Gasteiger charge is 2.35. The second kappa shape index (κ2) is 10.5. The molecule has 1 saturated carbocycles. The number of aryl methyl sites for hydroxylation is 1. The fourth-order valence-corrected chi connectivity index (χ4v) is 5.40. The predicted molar refractivity (Wildman–Crippen MR) is 133 cm³/mol. The van der Waals surface area contributed by atoms with E-state index in [0.29, 0.717) is 37.1 Å². The van der Waals surface area contributed by atoms with Crippen LogP contribution in [0.15, 0.2) is 29.6 Å². The van der Waals surface area contributed by atoms with Crippen LogP contribution in [0.4, 0.5) is 0 Å². The molecule has 4 rings (SSSR count). The molecular weight excluding hydrogens is 456 g/mol. The number of thiophene rings is 1. The van der Waals surface area contributed by atoms with E-state index < -0.39 is 0 Å². The summed E-state index contributed by atoms with van der Waals surface area (Å²) in [7, 11) is 0. The molecule has 2 aliphatic rings. The van der Waals surface area contributed by atoms with Crippen molar-refractivity contribution in [3.63, 3.8) is 0 Å². The van der Waals surface area contributed by atoms with Crippen molar-refractivity contribution in [3.05, 3.63) is 50.7 Å². The lowest BCUT2D eigenvalue weighted by molar-refractivity contribution is -0.143. The van der Waals surface area contributed by atoms with Gasteiger partial charge in [0.2, 0.25) is 11.8 Å². The van der Waals surface area contributed by atoms with Crippen LogP contribution in [-0.2, 0) is 16.0 Å². The van der Waals surface area contributed by atoms with Crippen LogP contribution in [-0.4, -0.2) is 47.9 Å². The molecule has 2 amide bonds. The molecule has 5 nitrogen and oxygen atoms in total. The van der Waals surface area contributed by atoms with Crippen molar-refractivity contribution in [2.75, 3.05) is 26.2 Å². The molecule has 1 aliphatic carbocycles. The zero-order valence-corrected chi connectivity index (χ0v) is 21.3. The Kier molecular flexibility index (Phi) is 7.65. The maximum atomic E-state index is 13.5. The number of ether oxygens (including phenoxy) is 1. The Morgan fingerprint density at radius 3 is 2.76 bits per heavy atom. The molecule has 2 heterocycles. The Bertz CT molecular complexity index is 1000. The number of carbonyl (C=O) groups is 2. The van der Waals surface area contributed by atoms with E-state index in [9.17, 15) is 9.59 Å². The van der Waals surface area contributed by atoms with E-state index in [-0.39, 0.29) is 30.3 Å². The van der Waals surface area contributed by atoms with Crippen LogP contribution in [0.1, 0.15) is 55.2 Å². The number of nitrogens with zero attached hydrogens (tertiary/aromatic N) is 2. The standard InChI is InChI=1S/C26H33ClN2O3S/c1-17(2)12-25(30)28(14-19-4-5-19)15-26(31)29-10-8-24-21(9-11-33-24)23(29)16-32-20-6-7-22(27)18(3)13-20/h6-7,9,11,13,17,19,23H,4-5,8,10,12,14-16H2,1-3H3. The van der Waals surface area contributed by atoms with Crippen LogP contribution in [0.2, 0.25) is 5.02 Å². The number of hydrogen-bond acceptors (Lipinski definition) is 4. The van der Waals surface area contributed by atoms with Gasteiger partial charge in [-0.05, 0) is 78.8 Å². The van der Waals surface area contributed by atoms with Crippen LogP contribution in [0.25, 0.3) is 0 Å². The lowest BCUT2D eigenvalue weighted by Gasteiger charge is -2.37. The van der Waals surface area contributed by atoms with Gasteiger partial charge in [-0.2, -0.15) is 0 Å². The first kappa shape index (κ1) is 24.1. The fraction of sp³-hybridized carbons (Fsp3) is 0.538. The van der Waals surface area contributed by atoms with E-state index in [1.54, 1.807) is 16.2 Å². The van der Waals surface area contributed by atoms with E-state index in [0.717, 1.165) is 36.1 Å². The van der Waals surface area contributed by atoms with Gasteiger partial charge in [0.05, 0.1) is 12.6 Å². The SMILES string of the molecule is Cc1cc(OCC2c3ccsc3CCN2C(=O)CN(CC2CC2)C(=O)CC(C)C)ccc1Cl. The van der Waals surface area contributed by atoms with Gasteiger partial charge in [-0.15, -0.1) is 11.3 Å². The monoisotopic (exact) mass is 488 g/mol. The lowest BCUT2D eigenvalue weighted by Crippen LogP contribution is -2.48. The van der Waals surface area contributed by atoms with Gasteiger partial charge in [0.25, 0.3) is 0 Å². The van der Waals surface area contributed by atoms with Crippen LogP contribution < -0.4 is 4.74 Å². The Labute approximate surface area is 205 Å². The number of fused-ring (bicyclic) bond motifs is 1. The molecule has 1 aromatic carbocycles. The van der Waals surface area contributed by atoms with Gasteiger partial charge in [0.15, 0.2) is 0 Å². The Balaban J connectivity index is 1.49. The minimum Gasteiger partial charge on any atom is -0.491 e. The molecule has 2 aromatic rings. The quantitative estimate of drug-likeness (QED) is 0.468. The first-order valence-electron chi connectivity index (χ1n) is 11.8. The Morgan fingerprint density at radius 2 is 2.06 bits per heavy atom. The normalized spacial score (nSPS) is 17.7. The van der Waals surface area contributed by atoms with Crippen molar-refractivity contribution in [3.8, 4) is 5.75 Å². The third kappa shape index (κ3) is 6.10. The highest BCUT2D eigenvalue weighted by Crippen LogP contribution is 2.35. The van der Waals surface area contributed by atoms with E-state index in [1.807, 2.05) is 43.9 Å². The van der Waals surface area contributed by atoms with E-state index in [2.05, 4.69) is 11.4 Å². The summed E-state index contributed by atoms with van der Waals surface area (Å²) < 4.78 is 6.14.